The summed E-state index contributed by atoms with van der Waals surface area (Å²) in [5.74, 6) is 0.488. The second-order valence-electron chi connectivity index (χ2n) is 6.59. The molecule has 2 aromatic heterocycles. The van der Waals surface area contributed by atoms with E-state index in [2.05, 4.69) is 15.1 Å². The summed E-state index contributed by atoms with van der Waals surface area (Å²) in [6.45, 7) is 0.794. The average molecular weight is 483 g/mol. The lowest BCUT2D eigenvalue weighted by Crippen LogP contribution is -2.38. The molecular weight excluding hydrogens is 461 g/mol. The number of hydrogen-bond acceptors (Lipinski definition) is 6. The molecule has 0 amide bonds. The number of benzene rings is 1. The van der Waals surface area contributed by atoms with E-state index < -0.39 is 6.55 Å². The van der Waals surface area contributed by atoms with Gasteiger partial charge in [-0.1, -0.05) is 24.6 Å². The number of rotatable bonds is 6. The van der Waals surface area contributed by atoms with Gasteiger partial charge in [0, 0.05) is 47.2 Å². The zero-order valence-corrected chi connectivity index (χ0v) is 18.8. The summed E-state index contributed by atoms with van der Waals surface area (Å²) in [7, 11) is 0. The third-order valence-electron chi connectivity index (χ3n) is 4.53. The largest absolute Gasteiger partial charge is 0.333 e. The van der Waals surface area contributed by atoms with Crippen LogP contribution in [0.15, 0.2) is 58.8 Å². The Hall–Kier alpha value is -2.69. The molecule has 1 aliphatic heterocycles. The number of alkyl halides is 2. The fourth-order valence-electron chi connectivity index (χ4n) is 3.21. The van der Waals surface area contributed by atoms with Crippen LogP contribution in [0.25, 0.3) is 5.57 Å². The van der Waals surface area contributed by atoms with Crippen LogP contribution in [0.1, 0.15) is 30.6 Å². The van der Waals surface area contributed by atoms with Gasteiger partial charge in [0.05, 0.1) is 12.2 Å². The minimum absolute atomic E-state index is 0.294. The van der Waals surface area contributed by atoms with E-state index in [0.29, 0.717) is 35.0 Å². The molecule has 0 atom stereocenters. The molecule has 0 aliphatic carbocycles. The van der Waals surface area contributed by atoms with Crippen molar-refractivity contribution < 1.29 is 13.2 Å². The Kier molecular flexibility index (Phi) is 8.43. The molecule has 1 aromatic carbocycles. The Labute approximate surface area is 192 Å². The predicted octanol–water partition coefficient (Wildman–Crippen LogP) is 5.06. The lowest BCUT2D eigenvalue weighted by atomic mass is 10.1. The molecular formula is C21H22ClF3N6S. The molecule has 0 unspecified atom stereocenters. The summed E-state index contributed by atoms with van der Waals surface area (Å²) in [6, 6.07) is 7.41. The van der Waals surface area contributed by atoms with Crippen molar-refractivity contribution in [2.24, 2.45) is 10.7 Å². The van der Waals surface area contributed by atoms with E-state index in [1.807, 2.05) is 17.2 Å². The highest BCUT2D eigenvalue weighted by molar-refractivity contribution is 7.11. The standard InChI is InChI=1S/C15H18F2N6S.C6H4ClF/c1-2-12-10(11-3-6-23(21-11)15(16)17)9-20-13(22(12)7-4-18)14-19-5-8-24-14;7-5-2-1-3-6(8)4-5/h3,5-6,8,15H,2,4,7,9,18H2,1H3;1-4H. The van der Waals surface area contributed by atoms with Gasteiger partial charge in [-0.2, -0.15) is 13.9 Å². The molecule has 32 heavy (non-hydrogen) atoms. The van der Waals surface area contributed by atoms with Gasteiger partial charge in [0.2, 0.25) is 0 Å². The van der Waals surface area contributed by atoms with Gasteiger partial charge in [0.25, 0.3) is 0 Å². The minimum Gasteiger partial charge on any atom is -0.329 e. The van der Waals surface area contributed by atoms with Gasteiger partial charge in [-0.25, -0.2) is 14.1 Å². The Bertz CT molecular complexity index is 1060. The SMILES string of the molecule is CCC1=C(c2ccn(C(F)F)n2)CN=C(c2nccs2)N1CCN.Fc1cccc(Cl)c1. The van der Waals surface area contributed by atoms with Crippen molar-refractivity contribution in [1.82, 2.24) is 19.7 Å². The van der Waals surface area contributed by atoms with Crippen LogP contribution < -0.4 is 5.73 Å². The number of nitrogens with zero attached hydrogens (tertiary/aromatic N) is 5. The normalized spacial score (nSPS) is 13.8. The van der Waals surface area contributed by atoms with Crippen molar-refractivity contribution in [2.45, 2.75) is 19.9 Å². The maximum Gasteiger partial charge on any atom is 0.333 e. The number of aliphatic imine (C=N–C) groups is 1. The van der Waals surface area contributed by atoms with Crippen molar-refractivity contribution >= 4 is 34.3 Å². The van der Waals surface area contributed by atoms with Crippen molar-refractivity contribution in [3.05, 3.63) is 75.3 Å². The third-order valence-corrected chi connectivity index (χ3v) is 5.54. The van der Waals surface area contributed by atoms with Gasteiger partial charge >= 0.3 is 6.55 Å². The van der Waals surface area contributed by atoms with Gasteiger partial charge in [-0.05, 0) is 30.7 Å². The van der Waals surface area contributed by atoms with Gasteiger partial charge < -0.3 is 10.6 Å². The van der Waals surface area contributed by atoms with Crippen LogP contribution in [0.3, 0.4) is 0 Å². The fourth-order valence-corrected chi connectivity index (χ4v) is 4.04. The highest BCUT2D eigenvalue weighted by Gasteiger charge is 2.27. The second kappa shape index (κ2) is 11.3. The molecule has 1 aliphatic rings. The fraction of sp³-hybridized carbons (Fsp3) is 0.286. The number of nitrogens with two attached hydrogens (primary N) is 1. The van der Waals surface area contributed by atoms with E-state index in [0.717, 1.165) is 28.5 Å². The van der Waals surface area contributed by atoms with Crippen LogP contribution in [0.2, 0.25) is 5.02 Å². The Morgan fingerprint density at radius 3 is 2.62 bits per heavy atom. The highest BCUT2D eigenvalue weighted by Crippen LogP contribution is 2.29. The van der Waals surface area contributed by atoms with Crippen molar-refractivity contribution in [1.29, 1.82) is 0 Å². The zero-order valence-electron chi connectivity index (χ0n) is 17.3. The quantitative estimate of drug-likeness (QED) is 0.533. The first-order valence-corrected chi connectivity index (χ1v) is 11.1. The molecule has 0 spiro atoms. The molecule has 0 fully saturated rings. The van der Waals surface area contributed by atoms with Crippen LogP contribution >= 0.6 is 22.9 Å². The summed E-state index contributed by atoms with van der Waals surface area (Å²) >= 11 is 6.92. The molecule has 2 N–H and O–H groups in total. The number of halogens is 4. The second-order valence-corrected chi connectivity index (χ2v) is 7.93. The Balaban J connectivity index is 0.000000305. The predicted molar refractivity (Wildman–Crippen MR) is 121 cm³/mol. The van der Waals surface area contributed by atoms with Gasteiger partial charge in [-0.3, -0.25) is 4.99 Å². The van der Waals surface area contributed by atoms with Gasteiger partial charge in [0.1, 0.15) is 5.82 Å². The van der Waals surface area contributed by atoms with Crippen LogP contribution in [0.4, 0.5) is 13.2 Å². The van der Waals surface area contributed by atoms with E-state index in [1.165, 1.54) is 29.7 Å². The molecule has 0 radical (unpaired) electrons. The first-order valence-electron chi connectivity index (χ1n) is 9.83. The smallest absolute Gasteiger partial charge is 0.329 e. The van der Waals surface area contributed by atoms with Crippen LogP contribution in [0, 0.1) is 5.82 Å². The number of hydrogen-bond donors (Lipinski definition) is 1. The van der Waals surface area contributed by atoms with Gasteiger partial charge in [-0.15, -0.1) is 11.3 Å². The lowest BCUT2D eigenvalue weighted by Gasteiger charge is -2.32. The molecule has 4 rings (SSSR count). The summed E-state index contributed by atoms with van der Waals surface area (Å²) in [6.07, 6.45) is 3.74. The van der Waals surface area contributed by atoms with E-state index in [4.69, 9.17) is 17.3 Å². The van der Waals surface area contributed by atoms with Crippen molar-refractivity contribution in [3.8, 4) is 0 Å². The first kappa shape index (κ1) is 24.0. The number of amidine groups is 1. The number of thiazole rings is 1. The summed E-state index contributed by atoms with van der Waals surface area (Å²) in [5, 5.41) is 7.14. The molecule has 170 valence electrons. The average Bonchev–Trinajstić information content (AvgIpc) is 3.46. The van der Waals surface area contributed by atoms with E-state index >= 15 is 0 Å². The van der Waals surface area contributed by atoms with Crippen LogP contribution in [-0.2, 0) is 0 Å². The van der Waals surface area contributed by atoms with Crippen molar-refractivity contribution in [3.63, 3.8) is 0 Å². The maximum absolute atomic E-state index is 12.8. The molecule has 3 heterocycles. The number of aromatic nitrogens is 3. The van der Waals surface area contributed by atoms with Crippen LogP contribution in [-0.4, -0.2) is 45.1 Å². The van der Waals surface area contributed by atoms with E-state index in [-0.39, 0.29) is 5.82 Å². The highest BCUT2D eigenvalue weighted by atomic mass is 35.5. The molecule has 6 nitrogen and oxygen atoms in total. The third kappa shape index (κ3) is 5.76. The molecule has 0 saturated carbocycles. The number of allylic oxidation sites excluding steroid dienone is 1. The molecule has 11 heteroatoms. The van der Waals surface area contributed by atoms with E-state index in [1.54, 1.807) is 24.4 Å². The first-order chi connectivity index (χ1) is 15.4. The summed E-state index contributed by atoms with van der Waals surface area (Å²) in [5.41, 5.74) is 8.14. The zero-order chi connectivity index (χ0) is 23.1. The van der Waals surface area contributed by atoms with E-state index in [9.17, 15) is 13.2 Å². The summed E-state index contributed by atoms with van der Waals surface area (Å²) < 4.78 is 38.3. The van der Waals surface area contributed by atoms with Crippen molar-refractivity contribution in [2.75, 3.05) is 19.6 Å². The Morgan fingerprint density at radius 2 is 2.09 bits per heavy atom. The van der Waals surface area contributed by atoms with Gasteiger partial charge in [0.15, 0.2) is 10.8 Å². The molecule has 3 aromatic rings. The molecule has 0 saturated heterocycles. The summed E-state index contributed by atoms with van der Waals surface area (Å²) in [4.78, 5) is 11.0. The monoisotopic (exact) mass is 482 g/mol. The topological polar surface area (TPSA) is 72.3 Å². The van der Waals surface area contributed by atoms with Crippen LogP contribution in [0.5, 0.6) is 0 Å². The minimum atomic E-state index is -2.65. The Morgan fingerprint density at radius 1 is 1.28 bits per heavy atom. The molecule has 0 bridgehead atoms. The lowest BCUT2D eigenvalue weighted by molar-refractivity contribution is 0.0565. The maximum atomic E-state index is 12.8.